The molecule has 34 heavy (non-hydrogen) atoms. The Bertz CT molecular complexity index is 938. The fraction of sp³-hybridized carbons (Fsp3) is 0.900. The van der Waals surface area contributed by atoms with Gasteiger partial charge in [-0.2, -0.15) is 0 Å². The summed E-state index contributed by atoms with van der Waals surface area (Å²) in [7, 11) is 0. The van der Waals surface area contributed by atoms with Gasteiger partial charge in [-0.25, -0.2) is 4.79 Å². The summed E-state index contributed by atoms with van der Waals surface area (Å²) in [6.07, 6.45) is 11.5. The molecule has 6 aliphatic rings. The lowest BCUT2D eigenvalue weighted by Gasteiger charge is -2.63. The fourth-order valence-corrected chi connectivity index (χ4v) is 11.5. The third-order valence-corrected chi connectivity index (χ3v) is 13.5. The number of hydrogen-bond donors (Lipinski definition) is 2. The molecule has 5 aliphatic carbocycles. The highest BCUT2D eigenvalue weighted by molar-refractivity contribution is 5.90. The second-order valence-corrected chi connectivity index (χ2v) is 14.6. The molecule has 0 aromatic carbocycles. The maximum absolute atomic E-state index is 11.9. The molecule has 0 aromatic rings. The zero-order valence-corrected chi connectivity index (χ0v) is 22.2. The van der Waals surface area contributed by atoms with Crippen molar-refractivity contribution in [2.24, 2.45) is 50.7 Å². The third-order valence-electron chi connectivity index (χ3n) is 13.5. The van der Waals surface area contributed by atoms with Gasteiger partial charge in [-0.05, 0) is 116 Å². The molecule has 5 saturated carbocycles. The SMILES string of the molecule is CC1=C[C@@H](C[C@@H](C)[C@H]2C[C@@H](O)[C@@]3(C)[C@@H]4CC[C@H]5C(C)(C)[C@H](O)CC[C@@]56C[C@@]46CC[C@]23C)OC1=O. The summed E-state index contributed by atoms with van der Waals surface area (Å²) in [4.78, 5) is 11.9. The predicted molar refractivity (Wildman–Crippen MR) is 132 cm³/mol. The summed E-state index contributed by atoms with van der Waals surface area (Å²) >= 11 is 0. The Morgan fingerprint density at radius 2 is 1.68 bits per heavy atom. The minimum absolute atomic E-state index is 0.00405. The standard InChI is InChI=1S/C30H46O4/c1-17(13-19-14-18(2)25(33)34-19)20-15-24(32)28(6)22-8-7-21-26(3,4)23(31)9-10-29(21)16-30(22,29)12-11-27(20,28)5/h14,17,19-24,31-32H,7-13,15-16H2,1-6H3/t17-,19-,20-,21+,22+,23-,24-,27-,28-,29-,30+/m1/s1. The normalized spacial score (nSPS) is 55.9. The van der Waals surface area contributed by atoms with Crippen LogP contribution in [0.2, 0.25) is 0 Å². The van der Waals surface area contributed by atoms with Crippen molar-refractivity contribution in [3.63, 3.8) is 0 Å². The molecular weight excluding hydrogens is 424 g/mol. The molecule has 5 fully saturated rings. The lowest BCUT2D eigenvalue weighted by atomic mass is 9.41. The van der Waals surface area contributed by atoms with Crippen LogP contribution in [0, 0.1) is 50.7 Å². The van der Waals surface area contributed by atoms with Crippen molar-refractivity contribution < 1.29 is 19.7 Å². The monoisotopic (exact) mass is 470 g/mol. The topological polar surface area (TPSA) is 66.8 Å². The van der Waals surface area contributed by atoms with E-state index in [4.69, 9.17) is 4.74 Å². The van der Waals surface area contributed by atoms with Crippen molar-refractivity contribution in [3.05, 3.63) is 11.6 Å². The summed E-state index contributed by atoms with van der Waals surface area (Å²) in [5, 5.41) is 22.6. The summed E-state index contributed by atoms with van der Waals surface area (Å²) < 4.78 is 5.61. The number of ether oxygens (including phenoxy) is 1. The summed E-state index contributed by atoms with van der Waals surface area (Å²) in [6.45, 7) is 13.8. The second-order valence-electron chi connectivity index (χ2n) is 14.6. The Labute approximate surface area is 205 Å². The molecule has 0 amide bonds. The number of hydrogen-bond acceptors (Lipinski definition) is 4. The number of esters is 1. The van der Waals surface area contributed by atoms with Gasteiger partial charge in [0, 0.05) is 11.0 Å². The smallest absolute Gasteiger partial charge is 0.334 e. The van der Waals surface area contributed by atoms with Crippen molar-refractivity contribution in [2.45, 2.75) is 118 Å². The van der Waals surface area contributed by atoms with Crippen molar-refractivity contribution in [3.8, 4) is 0 Å². The zero-order valence-electron chi connectivity index (χ0n) is 22.2. The van der Waals surface area contributed by atoms with E-state index in [0.29, 0.717) is 34.5 Å². The maximum atomic E-state index is 11.9. The number of fused-ring (bicyclic) bond motifs is 2. The summed E-state index contributed by atoms with van der Waals surface area (Å²) in [6, 6.07) is 0. The lowest BCUT2D eigenvalue weighted by molar-refractivity contribution is -0.182. The van der Waals surface area contributed by atoms with Crippen LogP contribution >= 0.6 is 0 Å². The molecule has 4 heteroatoms. The Morgan fingerprint density at radius 1 is 1.00 bits per heavy atom. The van der Waals surface area contributed by atoms with Crippen LogP contribution in [0.15, 0.2) is 11.6 Å². The third kappa shape index (κ3) is 2.56. The van der Waals surface area contributed by atoms with Gasteiger partial charge in [0.2, 0.25) is 0 Å². The molecule has 0 bridgehead atoms. The minimum Gasteiger partial charge on any atom is -0.455 e. The first-order chi connectivity index (χ1) is 15.8. The van der Waals surface area contributed by atoms with Crippen LogP contribution < -0.4 is 0 Å². The molecule has 1 aliphatic heterocycles. The predicted octanol–water partition coefficient (Wildman–Crippen LogP) is 5.66. The van der Waals surface area contributed by atoms with Gasteiger partial charge in [-0.15, -0.1) is 0 Å². The van der Waals surface area contributed by atoms with Gasteiger partial charge >= 0.3 is 5.97 Å². The highest BCUT2D eigenvalue weighted by atomic mass is 16.5. The van der Waals surface area contributed by atoms with Crippen LogP contribution in [-0.4, -0.2) is 34.5 Å². The Kier molecular flexibility index (Phi) is 4.78. The average Bonchev–Trinajstić information content (AvgIpc) is 3.26. The lowest BCUT2D eigenvalue weighted by Crippen LogP contribution is -2.59. The fourth-order valence-electron chi connectivity index (χ4n) is 11.5. The van der Waals surface area contributed by atoms with Crippen LogP contribution in [0.25, 0.3) is 0 Å². The number of carbonyl (C=O) groups excluding carboxylic acids is 1. The van der Waals surface area contributed by atoms with Crippen LogP contribution in [0.1, 0.15) is 99.3 Å². The van der Waals surface area contributed by atoms with E-state index < -0.39 is 0 Å². The second kappa shape index (κ2) is 6.91. The molecule has 0 saturated heterocycles. The first kappa shape index (κ1) is 23.5. The van der Waals surface area contributed by atoms with E-state index in [0.717, 1.165) is 24.8 Å². The van der Waals surface area contributed by atoms with Crippen LogP contribution in [-0.2, 0) is 9.53 Å². The minimum atomic E-state index is -0.257. The van der Waals surface area contributed by atoms with Crippen LogP contribution in [0.5, 0.6) is 0 Å². The van der Waals surface area contributed by atoms with E-state index in [1.807, 2.05) is 13.0 Å². The van der Waals surface area contributed by atoms with Gasteiger partial charge in [-0.1, -0.05) is 34.6 Å². The van der Waals surface area contributed by atoms with E-state index in [2.05, 4.69) is 34.6 Å². The molecule has 11 atom stereocenters. The van der Waals surface area contributed by atoms with E-state index in [-0.39, 0.29) is 40.5 Å². The molecular formula is C30H46O4. The zero-order chi connectivity index (χ0) is 24.5. The molecule has 0 unspecified atom stereocenters. The van der Waals surface area contributed by atoms with E-state index in [1.54, 1.807) is 0 Å². The van der Waals surface area contributed by atoms with Gasteiger partial charge in [0.05, 0.1) is 12.2 Å². The van der Waals surface area contributed by atoms with Crippen molar-refractivity contribution in [1.82, 2.24) is 0 Å². The van der Waals surface area contributed by atoms with E-state index in [1.165, 1.54) is 38.5 Å². The Hall–Kier alpha value is -0.870. The molecule has 1 heterocycles. The van der Waals surface area contributed by atoms with E-state index >= 15 is 0 Å². The number of aliphatic hydroxyl groups is 2. The number of aliphatic hydroxyl groups excluding tert-OH is 2. The molecule has 0 aromatic heterocycles. The van der Waals surface area contributed by atoms with Gasteiger partial charge in [0.25, 0.3) is 0 Å². The van der Waals surface area contributed by atoms with Gasteiger partial charge < -0.3 is 14.9 Å². The van der Waals surface area contributed by atoms with Crippen molar-refractivity contribution in [2.75, 3.05) is 0 Å². The summed E-state index contributed by atoms with van der Waals surface area (Å²) in [5.41, 5.74) is 1.56. The van der Waals surface area contributed by atoms with Gasteiger partial charge in [-0.3, -0.25) is 0 Å². The largest absolute Gasteiger partial charge is 0.455 e. The molecule has 2 spiro atoms. The average molecular weight is 471 g/mol. The summed E-state index contributed by atoms with van der Waals surface area (Å²) in [5.74, 6) is 1.89. The molecule has 6 rings (SSSR count). The van der Waals surface area contributed by atoms with E-state index in [9.17, 15) is 15.0 Å². The highest BCUT2D eigenvalue weighted by Gasteiger charge is 2.83. The molecule has 190 valence electrons. The van der Waals surface area contributed by atoms with Crippen molar-refractivity contribution in [1.29, 1.82) is 0 Å². The van der Waals surface area contributed by atoms with Crippen LogP contribution in [0.4, 0.5) is 0 Å². The molecule has 0 radical (unpaired) electrons. The Morgan fingerprint density at radius 3 is 2.35 bits per heavy atom. The number of cyclic esters (lactones) is 1. The first-order valence-electron chi connectivity index (χ1n) is 14.1. The van der Waals surface area contributed by atoms with Gasteiger partial charge in [0.15, 0.2) is 0 Å². The van der Waals surface area contributed by atoms with Crippen LogP contribution in [0.3, 0.4) is 0 Å². The first-order valence-corrected chi connectivity index (χ1v) is 14.1. The van der Waals surface area contributed by atoms with Crippen molar-refractivity contribution >= 4 is 5.97 Å². The number of rotatable bonds is 3. The maximum Gasteiger partial charge on any atom is 0.334 e. The molecule has 2 N–H and O–H groups in total. The highest BCUT2D eigenvalue weighted by Crippen LogP contribution is 2.89. The quantitative estimate of drug-likeness (QED) is 0.523. The number of carbonyl (C=O) groups is 1. The molecule has 4 nitrogen and oxygen atoms in total. The Balaban J connectivity index is 1.29. The van der Waals surface area contributed by atoms with Gasteiger partial charge in [0.1, 0.15) is 6.10 Å².